The highest BCUT2D eigenvalue weighted by molar-refractivity contribution is 4.94. The van der Waals surface area contributed by atoms with Crippen molar-refractivity contribution in [2.45, 2.75) is 77.3 Å². The number of nitrogens with zero attached hydrogens (tertiary/aromatic N) is 1. The largest absolute Gasteiger partial charge is 0.327 e. The zero-order valence-electron chi connectivity index (χ0n) is 11.8. The second-order valence-electron chi connectivity index (χ2n) is 6.53. The standard InChI is InChI=1S/C15H30N2/c1-3-13-8-5-4-6-11-17(13)12-15(2)10-7-9-14(15)16/h13-14H,3-12,16H2,1-2H3. The molecule has 1 aliphatic carbocycles. The predicted octanol–water partition coefficient (Wildman–Crippen LogP) is 3.16. The highest BCUT2D eigenvalue weighted by Gasteiger charge is 2.38. The van der Waals surface area contributed by atoms with Crippen LogP contribution in [0.25, 0.3) is 0 Å². The maximum Gasteiger partial charge on any atom is 0.0105 e. The van der Waals surface area contributed by atoms with Gasteiger partial charge in [0.05, 0.1) is 0 Å². The normalized spacial score (nSPS) is 40.4. The maximum atomic E-state index is 6.33. The Hall–Kier alpha value is -0.0800. The van der Waals surface area contributed by atoms with Crippen molar-refractivity contribution in [1.82, 2.24) is 4.90 Å². The molecule has 17 heavy (non-hydrogen) atoms. The topological polar surface area (TPSA) is 29.3 Å². The highest BCUT2D eigenvalue weighted by Crippen LogP contribution is 2.38. The van der Waals surface area contributed by atoms with Crippen LogP contribution < -0.4 is 5.73 Å². The number of nitrogens with two attached hydrogens (primary N) is 1. The van der Waals surface area contributed by atoms with Crippen LogP contribution in [0.15, 0.2) is 0 Å². The summed E-state index contributed by atoms with van der Waals surface area (Å²) >= 11 is 0. The molecular formula is C15H30N2. The smallest absolute Gasteiger partial charge is 0.0105 e. The van der Waals surface area contributed by atoms with E-state index in [0.717, 1.165) is 6.04 Å². The minimum Gasteiger partial charge on any atom is -0.327 e. The van der Waals surface area contributed by atoms with Crippen LogP contribution in [0.1, 0.15) is 65.2 Å². The van der Waals surface area contributed by atoms with Gasteiger partial charge in [-0.1, -0.05) is 33.1 Å². The Labute approximate surface area is 107 Å². The SMILES string of the molecule is CCC1CCCCCN1CC1(C)CCCC1N. The van der Waals surface area contributed by atoms with E-state index in [0.29, 0.717) is 11.5 Å². The summed E-state index contributed by atoms with van der Waals surface area (Å²) in [6.07, 6.45) is 10.9. The number of rotatable bonds is 3. The van der Waals surface area contributed by atoms with Crippen LogP contribution in [0.3, 0.4) is 0 Å². The van der Waals surface area contributed by atoms with E-state index >= 15 is 0 Å². The molecule has 1 saturated heterocycles. The van der Waals surface area contributed by atoms with E-state index in [1.165, 1.54) is 64.5 Å². The number of hydrogen-bond donors (Lipinski definition) is 1. The maximum absolute atomic E-state index is 6.33. The van der Waals surface area contributed by atoms with Gasteiger partial charge in [0.2, 0.25) is 0 Å². The molecule has 0 aromatic carbocycles. The fraction of sp³-hybridized carbons (Fsp3) is 1.00. The van der Waals surface area contributed by atoms with Gasteiger partial charge in [-0.2, -0.15) is 0 Å². The molecule has 2 nitrogen and oxygen atoms in total. The van der Waals surface area contributed by atoms with Crippen molar-refractivity contribution in [3.05, 3.63) is 0 Å². The van der Waals surface area contributed by atoms with Gasteiger partial charge >= 0.3 is 0 Å². The quantitative estimate of drug-likeness (QED) is 0.818. The van der Waals surface area contributed by atoms with Crippen molar-refractivity contribution in [1.29, 1.82) is 0 Å². The minimum absolute atomic E-state index is 0.387. The Morgan fingerprint density at radius 2 is 2.00 bits per heavy atom. The van der Waals surface area contributed by atoms with E-state index in [1.54, 1.807) is 0 Å². The first kappa shape index (κ1) is 13.4. The fourth-order valence-electron chi connectivity index (χ4n) is 3.83. The summed E-state index contributed by atoms with van der Waals surface area (Å²) in [7, 11) is 0. The van der Waals surface area contributed by atoms with Crippen LogP contribution in [0.5, 0.6) is 0 Å². The van der Waals surface area contributed by atoms with Gasteiger partial charge in [0.15, 0.2) is 0 Å². The summed E-state index contributed by atoms with van der Waals surface area (Å²) in [6, 6.07) is 1.25. The van der Waals surface area contributed by atoms with E-state index < -0.39 is 0 Å². The molecular weight excluding hydrogens is 208 g/mol. The van der Waals surface area contributed by atoms with Crippen LogP contribution in [0.2, 0.25) is 0 Å². The fourth-order valence-corrected chi connectivity index (χ4v) is 3.83. The number of hydrogen-bond acceptors (Lipinski definition) is 2. The molecule has 3 atom stereocenters. The number of likely N-dealkylation sites (tertiary alicyclic amines) is 1. The van der Waals surface area contributed by atoms with Crippen LogP contribution in [-0.4, -0.2) is 30.1 Å². The summed E-state index contributed by atoms with van der Waals surface area (Å²) in [5.74, 6) is 0. The second-order valence-corrected chi connectivity index (χ2v) is 6.53. The van der Waals surface area contributed by atoms with E-state index in [2.05, 4.69) is 18.7 Å². The van der Waals surface area contributed by atoms with Gasteiger partial charge in [0.25, 0.3) is 0 Å². The average Bonchev–Trinajstić information content (AvgIpc) is 2.53. The first-order chi connectivity index (χ1) is 8.15. The van der Waals surface area contributed by atoms with E-state index in [9.17, 15) is 0 Å². The molecule has 2 rings (SSSR count). The zero-order chi connectivity index (χ0) is 12.3. The summed E-state index contributed by atoms with van der Waals surface area (Å²) in [5.41, 5.74) is 6.72. The van der Waals surface area contributed by atoms with Gasteiger partial charge < -0.3 is 5.73 Å². The Bertz CT molecular complexity index is 241. The van der Waals surface area contributed by atoms with Crippen molar-refractivity contribution in [3.8, 4) is 0 Å². The van der Waals surface area contributed by atoms with Gasteiger partial charge in [-0.3, -0.25) is 4.90 Å². The van der Waals surface area contributed by atoms with Crippen LogP contribution >= 0.6 is 0 Å². The van der Waals surface area contributed by atoms with E-state index in [-0.39, 0.29) is 0 Å². The summed E-state index contributed by atoms with van der Waals surface area (Å²) in [4.78, 5) is 2.76. The van der Waals surface area contributed by atoms with Gasteiger partial charge in [-0.15, -0.1) is 0 Å². The Kier molecular flexibility index (Phi) is 4.48. The van der Waals surface area contributed by atoms with Crippen molar-refractivity contribution in [3.63, 3.8) is 0 Å². The Balaban J connectivity index is 1.99. The minimum atomic E-state index is 0.387. The Morgan fingerprint density at radius 1 is 1.18 bits per heavy atom. The van der Waals surface area contributed by atoms with Crippen molar-refractivity contribution in [2.75, 3.05) is 13.1 Å². The van der Waals surface area contributed by atoms with E-state index in [4.69, 9.17) is 5.73 Å². The van der Waals surface area contributed by atoms with Crippen molar-refractivity contribution in [2.24, 2.45) is 11.1 Å². The third-order valence-electron chi connectivity index (χ3n) is 5.19. The molecule has 0 radical (unpaired) electrons. The lowest BCUT2D eigenvalue weighted by molar-refractivity contribution is 0.111. The van der Waals surface area contributed by atoms with Crippen molar-refractivity contribution >= 4 is 0 Å². The highest BCUT2D eigenvalue weighted by atomic mass is 15.2. The van der Waals surface area contributed by atoms with Crippen LogP contribution in [0, 0.1) is 5.41 Å². The van der Waals surface area contributed by atoms with Gasteiger partial charge in [0.1, 0.15) is 0 Å². The van der Waals surface area contributed by atoms with Gasteiger partial charge in [-0.25, -0.2) is 0 Å². The first-order valence-corrected chi connectivity index (χ1v) is 7.65. The average molecular weight is 238 g/mol. The molecule has 0 aromatic rings. The third kappa shape index (κ3) is 3.03. The van der Waals surface area contributed by atoms with Crippen LogP contribution in [0.4, 0.5) is 0 Å². The second kappa shape index (κ2) is 5.71. The molecule has 0 bridgehead atoms. The molecule has 3 unspecified atom stereocenters. The predicted molar refractivity (Wildman–Crippen MR) is 74.1 cm³/mol. The molecule has 100 valence electrons. The monoisotopic (exact) mass is 238 g/mol. The molecule has 2 fully saturated rings. The van der Waals surface area contributed by atoms with Crippen molar-refractivity contribution < 1.29 is 0 Å². The molecule has 1 heterocycles. The summed E-state index contributed by atoms with van der Waals surface area (Å²) in [5, 5.41) is 0. The lowest BCUT2D eigenvalue weighted by Gasteiger charge is -2.39. The van der Waals surface area contributed by atoms with Gasteiger partial charge in [-0.05, 0) is 44.1 Å². The molecule has 1 saturated carbocycles. The lowest BCUT2D eigenvalue weighted by atomic mass is 9.84. The lowest BCUT2D eigenvalue weighted by Crippen LogP contribution is -2.47. The molecule has 0 aromatic heterocycles. The molecule has 2 N–H and O–H groups in total. The van der Waals surface area contributed by atoms with Crippen LogP contribution in [-0.2, 0) is 0 Å². The van der Waals surface area contributed by atoms with Gasteiger partial charge in [0, 0.05) is 18.6 Å². The molecule has 0 amide bonds. The summed E-state index contributed by atoms with van der Waals surface area (Å²) in [6.45, 7) is 7.32. The molecule has 0 spiro atoms. The Morgan fingerprint density at radius 3 is 2.65 bits per heavy atom. The molecule has 1 aliphatic heterocycles. The zero-order valence-corrected chi connectivity index (χ0v) is 11.8. The van der Waals surface area contributed by atoms with E-state index in [1.807, 2.05) is 0 Å². The third-order valence-corrected chi connectivity index (χ3v) is 5.19. The molecule has 2 aliphatic rings. The molecule has 2 heteroatoms. The first-order valence-electron chi connectivity index (χ1n) is 7.65. The summed E-state index contributed by atoms with van der Waals surface area (Å²) < 4.78 is 0.